The third kappa shape index (κ3) is 0.525. The number of carbonyl (C=O) groups is 1. The third-order valence-corrected chi connectivity index (χ3v) is 2.37. The van der Waals surface area contributed by atoms with Gasteiger partial charge in [-0.25, -0.2) is 0 Å². The Bertz CT molecular complexity index is 143. The fourth-order valence-corrected chi connectivity index (χ4v) is 1.87. The van der Waals surface area contributed by atoms with Crippen molar-refractivity contribution >= 4 is 5.97 Å². The van der Waals surface area contributed by atoms with Crippen LogP contribution in [0.2, 0.25) is 0 Å². The fourth-order valence-electron chi connectivity index (χ4n) is 1.87. The molecule has 9 heavy (non-hydrogen) atoms. The smallest absolute Gasteiger partial charge is 0.309 e. The Kier molecular flexibility index (Phi) is 0.858. The van der Waals surface area contributed by atoms with Crippen molar-refractivity contribution in [3.8, 4) is 0 Å². The van der Waals surface area contributed by atoms with Crippen LogP contribution in [0.5, 0.6) is 0 Å². The molecular weight excluding hydrogens is 118 g/mol. The summed E-state index contributed by atoms with van der Waals surface area (Å²) in [7, 11) is 0. The van der Waals surface area contributed by atoms with Gasteiger partial charge in [0.25, 0.3) is 0 Å². The molecule has 3 fully saturated rings. The van der Waals surface area contributed by atoms with Gasteiger partial charge in [0.05, 0.1) is 5.92 Å². The number of nitrogens with one attached hydrogen (secondary N) is 1. The summed E-state index contributed by atoms with van der Waals surface area (Å²) in [5, 5.41) is 11.7. The molecular formula is C6H9NO2. The molecule has 0 aromatic carbocycles. The first-order valence-electron chi connectivity index (χ1n) is 3.28. The summed E-state index contributed by atoms with van der Waals surface area (Å²) >= 11 is 0. The van der Waals surface area contributed by atoms with Gasteiger partial charge in [0.15, 0.2) is 0 Å². The first kappa shape index (κ1) is 5.23. The van der Waals surface area contributed by atoms with E-state index in [1.54, 1.807) is 0 Å². The van der Waals surface area contributed by atoms with Gasteiger partial charge in [0.1, 0.15) is 0 Å². The zero-order valence-corrected chi connectivity index (χ0v) is 5.00. The highest BCUT2D eigenvalue weighted by Gasteiger charge is 2.50. The van der Waals surface area contributed by atoms with Gasteiger partial charge >= 0.3 is 5.97 Å². The molecule has 1 saturated carbocycles. The van der Waals surface area contributed by atoms with Crippen LogP contribution in [0.25, 0.3) is 0 Å². The predicted molar refractivity (Wildman–Crippen MR) is 31.1 cm³/mol. The van der Waals surface area contributed by atoms with Crippen molar-refractivity contribution in [2.45, 2.75) is 24.9 Å². The van der Waals surface area contributed by atoms with E-state index in [2.05, 4.69) is 5.32 Å². The molecule has 1 aliphatic carbocycles. The lowest BCUT2D eigenvalue weighted by Crippen LogP contribution is -2.57. The Hall–Kier alpha value is -0.570. The van der Waals surface area contributed by atoms with E-state index in [0.29, 0.717) is 12.1 Å². The molecule has 3 nitrogen and oxygen atoms in total. The third-order valence-electron chi connectivity index (χ3n) is 2.37. The summed E-state index contributed by atoms with van der Waals surface area (Å²) in [6.45, 7) is 0. The number of carboxylic acids is 1. The predicted octanol–water partition coefficient (Wildman–Crippen LogP) is -0.179. The maximum absolute atomic E-state index is 10.4. The molecule has 2 N–H and O–H groups in total. The molecule has 2 saturated heterocycles. The van der Waals surface area contributed by atoms with Gasteiger partial charge in [-0.2, -0.15) is 0 Å². The van der Waals surface area contributed by atoms with E-state index >= 15 is 0 Å². The van der Waals surface area contributed by atoms with Gasteiger partial charge in [-0.15, -0.1) is 0 Å². The van der Waals surface area contributed by atoms with Crippen LogP contribution in [0.1, 0.15) is 12.8 Å². The summed E-state index contributed by atoms with van der Waals surface area (Å²) < 4.78 is 0. The Morgan fingerprint density at radius 2 is 2.00 bits per heavy atom. The molecule has 0 aromatic heterocycles. The topological polar surface area (TPSA) is 49.3 Å². The summed E-state index contributed by atoms with van der Waals surface area (Å²) in [6.07, 6.45) is 2.11. The molecule has 0 radical (unpaired) electrons. The Morgan fingerprint density at radius 1 is 1.44 bits per heavy atom. The number of hydrogen-bond donors (Lipinski definition) is 2. The van der Waals surface area contributed by atoms with Gasteiger partial charge < -0.3 is 10.4 Å². The molecule has 50 valence electrons. The molecule has 3 aliphatic rings. The Balaban J connectivity index is 2.10. The lowest BCUT2D eigenvalue weighted by molar-refractivity contribution is -0.145. The molecule has 2 bridgehead atoms. The van der Waals surface area contributed by atoms with E-state index in [4.69, 9.17) is 5.11 Å². The maximum Gasteiger partial charge on any atom is 0.309 e. The zero-order chi connectivity index (χ0) is 6.43. The van der Waals surface area contributed by atoms with E-state index in [0.717, 1.165) is 12.8 Å². The molecule has 2 heterocycles. The van der Waals surface area contributed by atoms with Crippen LogP contribution in [0.4, 0.5) is 0 Å². The van der Waals surface area contributed by atoms with Crippen LogP contribution in [0.3, 0.4) is 0 Å². The van der Waals surface area contributed by atoms with Gasteiger partial charge in [-0.3, -0.25) is 4.79 Å². The highest BCUT2D eigenvalue weighted by Crippen LogP contribution is 2.35. The minimum atomic E-state index is -0.624. The van der Waals surface area contributed by atoms with Crippen LogP contribution in [-0.4, -0.2) is 23.2 Å². The largest absolute Gasteiger partial charge is 0.481 e. The lowest BCUT2D eigenvalue weighted by atomic mass is 9.92. The zero-order valence-electron chi connectivity index (χ0n) is 5.00. The van der Waals surface area contributed by atoms with Crippen LogP contribution < -0.4 is 5.32 Å². The number of rotatable bonds is 1. The van der Waals surface area contributed by atoms with E-state index in [1.165, 1.54) is 0 Å². The first-order chi connectivity index (χ1) is 4.29. The number of fused-ring (bicyclic) bond motifs is 1. The molecule has 0 spiro atoms. The molecule has 0 amide bonds. The van der Waals surface area contributed by atoms with Gasteiger partial charge in [-0.1, -0.05) is 0 Å². The van der Waals surface area contributed by atoms with Crippen molar-refractivity contribution in [3.63, 3.8) is 0 Å². The lowest BCUT2D eigenvalue weighted by Gasteiger charge is -2.33. The SMILES string of the molecule is O=C(O)C1C2CC[C@@H]1N2. The molecule has 3 heteroatoms. The number of aliphatic carboxylic acids is 1. The standard InChI is InChI=1S/C6H9NO2/c8-6(9)5-3-1-2-4(5)7-3/h3-5,7H,1-2H2,(H,8,9)/t3-,4?,5?/m0/s1. The van der Waals surface area contributed by atoms with Crippen molar-refractivity contribution in [2.24, 2.45) is 5.92 Å². The summed E-state index contributed by atoms with van der Waals surface area (Å²) in [5.41, 5.74) is 0. The summed E-state index contributed by atoms with van der Waals surface area (Å²) in [6, 6.07) is 0.597. The first-order valence-corrected chi connectivity index (χ1v) is 3.28. The average molecular weight is 127 g/mol. The molecule has 3 atom stereocenters. The second-order valence-corrected chi connectivity index (χ2v) is 2.82. The maximum atomic E-state index is 10.4. The molecule has 0 aromatic rings. The Labute approximate surface area is 53.1 Å². The van der Waals surface area contributed by atoms with E-state index in [1.807, 2.05) is 0 Å². The van der Waals surface area contributed by atoms with E-state index in [-0.39, 0.29) is 5.92 Å². The molecule has 2 unspecified atom stereocenters. The van der Waals surface area contributed by atoms with Crippen molar-refractivity contribution in [1.29, 1.82) is 0 Å². The highest BCUT2D eigenvalue weighted by atomic mass is 16.4. The van der Waals surface area contributed by atoms with Crippen molar-refractivity contribution in [2.75, 3.05) is 0 Å². The van der Waals surface area contributed by atoms with Gasteiger partial charge in [0.2, 0.25) is 0 Å². The fraction of sp³-hybridized carbons (Fsp3) is 0.833. The average Bonchev–Trinajstić information content (AvgIpc) is 2.13. The number of carboxylic acid groups (broad SMARTS) is 1. The summed E-state index contributed by atoms with van der Waals surface area (Å²) in [5.74, 6) is -0.689. The van der Waals surface area contributed by atoms with Crippen LogP contribution >= 0.6 is 0 Å². The van der Waals surface area contributed by atoms with Crippen LogP contribution in [-0.2, 0) is 4.79 Å². The van der Waals surface area contributed by atoms with E-state index in [9.17, 15) is 4.79 Å². The van der Waals surface area contributed by atoms with Crippen molar-refractivity contribution < 1.29 is 9.90 Å². The molecule has 2 aliphatic heterocycles. The monoisotopic (exact) mass is 127 g/mol. The Morgan fingerprint density at radius 3 is 2.22 bits per heavy atom. The van der Waals surface area contributed by atoms with E-state index < -0.39 is 5.97 Å². The van der Waals surface area contributed by atoms with Crippen LogP contribution in [0.15, 0.2) is 0 Å². The van der Waals surface area contributed by atoms with Gasteiger partial charge in [0, 0.05) is 12.1 Å². The second kappa shape index (κ2) is 1.48. The van der Waals surface area contributed by atoms with Crippen molar-refractivity contribution in [1.82, 2.24) is 5.32 Å². The van der Waals surface area contributed by atoms with Crippen LogP contribution in [0, 0.1) is 5.92 Å². The van der Waals surface area contributed by atoms with Crippen molar-refractivity contribution in [3.05, 3.63) is 0 Å². The number of hydrogen-bond acceptors (Lipinski definition) is 2. The quantitative estimate of drug-likeness (QED) is 0.513. The minimum absolute atomic E-state index is 0.0648. The second-order valence-electron chi connectivity index (χ2n) is 2.82. The van der Waals surface area contributed by atoms with Gasteiger partial charge in [-0.05, 0) is 12.8 Å². The highest BCUT2D eigenvalue weighted by molar-refractivity contribution is 5.74. The molecule has 3 rings (SSSR count). The summed E-state index contributed by atoms with van der Waals surface area (Å²) in [4.78, 5) is 10.4. The minimum Gasteiger partial charge on any atom is -0.481 e. The normalized spacial score (nSPS) is 46.4.